The van der Waals surface area contributed by atoms with Crippen LogP contribution in [0.25, 0.3) is 22.4 Å². The van der Waals surface area contributed by atoms with Crippen molar-refractivity contribution in [3.05, 3.63) is 42.4 Å². The van der Waals surface area contributed by atoms with Gasteiger partial charge in [-0.15, -0.1) is 0 Å². The maximum Gasteiger partial charge on any atom is 0.141 e. The van der Waals surface area contributed by atoms with Crippen molar-refractivity contribution < 1.29 is 4.42 Å². The summed E-state index contributed by atoms with van der Waals surface area (Å²) in [6, 6.07) is 7.88. The molecule has 3 aromatic rings. The third kappa shape index (κ3) is 1.31. The first-order chi connectivity index (χ1) is 7.88. The number of nitrogens with one attached hydrogen (secondary N) is 1. The third-order valence-electron chi connectivity index (χ3n) is 2.58. The fraction of sp³-hybridized carbons (Fsp3) is 0.0833. The molecule has 0 fully saturated rings. The maximum atomic E-state index is 5.53. The van der Waals surface area contributed by atoms with Gasteiger partial charge in [0.2, 0.25) is 0 Å². The molecule has 4 heteroatoms. The van der Waals surface area contributed by atoms with Gasteiger partial charge in [-0.2, -0.15) is 0 Å². The molecule has 0 aliphatic heterocycles. The highest BCUT2D eigenvalue weighted by molar-refractivity contribution is 5.91. The predicted molar refractivity (Wildman–Crippen MR) is 61.7 cm³/mol. The van der Waals surface area contributed by atoms with Gasteiger partial charge in [0.25, 0.3) is 0 Å². The van der Waals surface area contributed by atoms with Crippen molar-refractivity contribution in [2.24, 2.45) is 5.73 Å². The quantitative estimate of drug-likeness (QED) is 0.686. The van der Waals surface area contributed by atoms with Crippen molar-refractivity contribution in [2.75, 3.05) is 0 Å². The molecule has 0 aliphatic carbocycles. The SMILES string of the molecule is NCc1cnc(-c2coc3ccccc23)[nH]1. The van der Waals surface area contributed by atoms with Gasteiger partial charge >= 0.3 is 0 Å². The number of imidazole rings is 1. The first kappa shape index (κ1) is 9.18. The standard InChI is InChI=1S/C12H11N3O/c13-5-8-6-14-12(15-8)10-7-16-11-4-2-1-3-9(10)11/h1-4,6-7H,5,13H2,(H,14,15). The minimum atomic E-state index is 0.461. The molecule has 3 N–H and O–H groups in total. The maximum absolute atomic E-state index is 5.53. The summed E-state index contributed by atoms with van der Waals surface area (Å²) in [6.45, 7) is 0.461. The summed E-state index contributed by atoms with van der Waals surface area (Å²) in [5.74, 6) is 0.797. The molecule has 16 heavy (non-hydrogen) atoms. The van der Waals surface area contributed by atoms with Gasteiger partial charge in [-0.25, -0.2) is 4.98 Å². The Labute approximate surface area is 92.1 Å². The number of hydrogen-bond donors (Lipinski definition) is 2. The second kappa shape index (κ2) is 3.50. The molecule has 4 nitrogen and oxygen atoms in total. The van der Waals surface area contributed by atoms with E-state index in [1.807, 2.05) is 24.3 Å². The van der Waals surface area contributed by atoms with Crippen molar-refractivity contribution in [3.63, 3.8) is 0 Å². The number of aromatic amines is 1. The Hall–Kier alpha value is -2.07. The van der Waals surface area contributed by atoms with E-state index in [4.69, 9.17) is 10.2 Å². The van der Waals surface area contributed by atoms with E-state index in [0.717, 1.165) is 28.1 Å². The molecular weight excluding hydrogens is 202 g/mol. The van der Waals surface area contributed by atoms with Crippen LogP contribution in [0.3, 0.4) is 0 Å². The lowest BCUT2D eigenvalue weighted by atomic mass is 10.2. The molecule has 0 spiro atoms. The van der Waals surface area contributed by atoms with Crippen LogP contribution in [0.4, 0.5) is 0 Å². The fourth-order valence-electron chi connectivity index (χ4n) is 1.76. The van der Waals surface area contributed by atoms with Crippen molar-refractivity contribution in [2.45, 2.75) is 6.54 Å². The van der Waals surface area contributed by atoms with Crippen LogP contribution in [0.15, 0.2) is 41.1 Å². The van der Waals surface area contributed by atoms with E-state index in [-0.39, 0.29) is 0 Å². The number of furan rings is 1. The highest BCUT2D eigenvalue weighted by Gasteiger charge is 2.10. The summed E-state index contributed by atoms with van der Waals surface area (Å²) in [6.07, 6.45) is 3.46. The lowest BCUT2D eigenvalue weighted by Gasteiger charge is -1.92. The van der Waals surface area contributed by atoms with E-state index >= 15 is 0 Å². The fourth-order valence-corrected chi connectivity index (χ4v) is 1.76. The van der Waals surface area contributed by atoms with Crippen LogP contribution >= 0.6 is 0 Å². The number of nitrogens with zero attached hydrogens (tertiary/aromatic N) is 1. The number of rotatable bonds is 2. The number of aromatic nitrogens is 2. The summed E-state index contributed by atoms with van der Waals surface area (Å²) in [4.78, 5) is 7.45. The molecule has 0 amide bonds. The Kier molecular flexibility index (Phi) is 2.01. The number of para-hydroxylation sites is 1. The molecule has 80 valence electrons. The molecule has 0 radical (unpaired) electrons. The molecular formula is C12H11N3O. The van der Waals surface area contributed by atoms with Crippen LogP contribution in [0, 0.1) is 0 Å². The Morgan fingerprint density at radius 3 is 3.00 bits per heavy atom. The Balaban J connectivity index is 2.18. The van der Waals surface area contributed by atoms with Gasteiger partial charge in [-0.3, -0.25) is 0 Å². The summed E-state index contributed by atoms with van der Waals surface area (Å²) in [5, 5.41) is 1.06. The number of nitrogens with two attached hydrogens (primary N) is 1. The highest BCUT2D eigenvalue weighted by atomic mass is 16.3. The van der Waals surface area contributed by atoms with Gasteiger partial charge in [0.15, 0.2) is 0 Å². The minimum absolute atomic E-state index is 0.461. The monoisotopic (exact) mass is 213 g/mol. The average Bonchev–Trinajstić information content (AvgIpc) is 2.94. The van der Waals surface area contributed by atoms with Crippen LogP contribution in [-0.2, 0) is 6.54 Å². The Morgan fingerprint density at radius 2 is 2.19 bits per heavy atom. The topological polar surface area (TPSA) is 67.8 Å². The van der Waals surface area contributed by atoms with Crippen molar-refractivity contribution in [3.8, 4) is 11.4 Å². The second-order valence-corrected chi connectivity index (χ2v) is 3.61. The van der Waals surface area contributed by atoms with Gasteiger partial charge < -0.3 is 15.1 Å². The van der Waals surface area contributed by atoms with Crippen molar-refractivity contribution in [1.29, 1.82) is 0 Å². The van der Waals surface area contributed by atoms with Crippen LogP contribution in [0.1, 0.15) is 5.69 Å². The Bertz CT molecular complexity index is 624. The normalized spacial score (nSPS) is 11.1. The summed E-state index contributed by atoms with van der Waals surface area (Å²) in [7, 11) is 0. The first-order valence-electron chi connectivity index (χ1n) is 5.09. The zero-order valence-electron chi connectivity index (χ0n) is 8.60. The van der Waals surface area contributed by atoms with Crippen LogP contribution < -0.4 is 5.73 Å². The zero-order valence-corrected chi connectivity index (χ0v) is 8.60. The molecule has 0 unspecified atom stereocenters. The van der Waals surface area contributed by atoms with Crippen molar-refractivity contribution in [1.82, 2.24) is 9.97 Å². The van der Waals surface area contributed by atoms with E-state index in [0.29, 0.717) is 6.54 Å². The molecule has 0 saturated heterocycles. The molecule has 3 rings (SSSR count). The van der Waals surface area contributed by atoms with E-state index in [1.165, 1.54) is 0 Å². The number of benzene rings is 1. The predicted octanol–water partition coefficient (Wildman–Crippen LogP) is 2.28. The Morgan fingerprint density at radius 1 is 1.31 bits per heavy atom. The molecule has 1 aromatic carbocycles. The summed E-state index contributed by atoms with van der Waals surface area (Å²) >= 11 is 0. The largest absolute Gasteiger partial charge is 0.464 e. The molecule has 0 saturated carbocycles. The molecule has 0 atom stereocenters. The van der Waals surface area contributed by atoms with E-state index in [1.54, 1.807) is 12.5 Å². The smallest absolute Gasteiger partial charge is 0.141 e. The van der Waals surface area contributed by atoms with Crippen molar-refractivity contribution >= 4 is 11.0 Å². The van der Waals surface area contributed by atoms with Crippen LogP contribution in [-0.4, -0.2) is 9.97 Å². The van der Waals surface area contributed by atoms with Gasteiger partial charge in [-0.05, 0) is 6.07 Å². The number of fused-ring (bicyclic) bond motifs is 1. The lowest BCUT2D eigenvalue weighted by Crippen LogP contribution is -1.95. The van der Waals surface area contributed by atoms with Gasteiger partial charge in [0.1, 0.15) is 17.7 Å². The molecule has 0 bridgehead atoms. The molecule has 0 aliphatic rings. The molecule has 2 aromatic heterocycles. The second-order valence-electron chi connectivity index (χ2n) is 3.61. The zero-order chi connectivity index (χ0) is 11.0. The van der Waals surface area contributed by atoms with Gasteiger partial charge in [-0.1, -0.05) is 18.2 Å². The van der Waals surface area contributed by atoms with E-state index in [2.05, 4.69) is 9.97 Å². The first-order valence-corrected chi connectivity index (χ1v) is 5.09. The van der Waals surface area contributed by atoms with E-state index in [9.17, 15) is 0 Å². The van der Waals surface area contributed by atoms with Gasteiger partial charge in [0.05, 0.1) is 5.56 Å². The summed E-state index contributed by atoms with van der Waals surface area (Å²) in [5.41, 5.74) is 8.28. The lowest BCUT2D eigenvalue weighted by molar-refractivity contribution is 0.616. The molecule has 2 heterocycles. The van der Waals surface area contributed by atoms with Gasteiger partial charge in [0, 0.05) is 23.8 Å². The average molecular weight is 213 g/mol. The number of H-pyrrole nitrogens is 1. The van der Waals surface area contributed by atoms with Crippen LogP contribution in [0.5, 0.6) is 0 Å². The summed E-state index contributed by atoms with van der Waals surface area (Å²) < 4.78 is 5.46. The third-order valence-corrected chi connectivity index (χ3v) is 2.58. The highest BCUT2D eigenvalue weighted by Crippen LogP contribution is 2.28. The number of hydrogen-bond acceptors (Lipinski definition) is 3. The minimum Gasteiger partial charge on any atom is -0.464 e. The van der Waals surface area contributed by atoms with Crippen LogP contribution in [0.2, 0.25) is 0 Å². The van der Waals surface area contributed by atoms with E-state index < -0.39 is 0 Å².